The van der Waals surface area contributed by atoms with Crippen molar-refractivity contribution in [2.75, 3.05) is 6.61 Å². The molecule has 0 aliphatic carbocycles. The lowest BCUT2D eigenvalue weighted by molar-refractivity contribution is -0.384. The molecular weight excluding hydrogens is 336 g/mol. The number of hydrogen-bond donors (Lipinski definition) is 1. The van der Waals surface area contributed by atoms with E-state index in [-0.39, 0.29) is 24.2 Å². The van der Waals surface area contributed by atoms with E-state index in [1.165, 1.54) is 24.3 Å². The van der Waals surface area contributed by atoms with E-state index in [1.54, 1.807) is 6.07 Å². The van der Waals surface area contributed by atoms with Gasteiger partial charge in [-0.25, -0.2) is 4.79 Å². The monoisotopic (exact) mass is 362 g/mol. The number of carbonyl (C=O) groups excluding carboxylic acids is 2. The predicted octanol–water partition coefficient (Wildman–Crippen LogP) is 3.48. The minimum atomic E-state index is -0.681. The maximum Gasteiger partial charge on any atom is 0.331 e. The smallest absolute Gasteiger partial charge is 0.331 e. The van der Waals surface area contributed by atoms with Gasteiger partial charge in [0.25, 0.3) is 11.6 Å². The normalized spacial score (nSPS) is 12.2. The van der Waals surface area contributed by atoms with Gasteiger partial charge in [-0.2, -0.15) is 0 Å². The van der Waals surface area contributed by atoms with Gasteiger partial charge in [-0.15, -0.1) is 0 Å². The van der Waals surface area contributed by atoms with Crippen LogP contribution >= 0.6 is 0 Å². The summed E-state index contributed by atoms with van der Waals surface area (Å²) in [6.07, 6.45) is 5.56. The van der Waals surface area contributed by atoms with Crippen molar-refractivity contribution in [2.24, 2.45) is 5.92 Å². The third-order valence-electron chi connectivity index (χ3n) is 3.66. The van der Waals surface area contributed by atoms with Crippen LogP contribution in [0.25, 0.3) is 6.08 Å². The van der Waals surface area contributed by atoms with Crippen molar-refractivity contribution in [3.05, 3.63) is 46.0 Å². The van der Waals surface area contributed by atoms with Crippen LogP contribution in [-0.4, -0.2) is 29.4 Å². The van der Waals surface area contributed by atoms with Crippen molar-refractivity contribution in [1.29, 1.82) is 0 Å². The molecule has 1 rings (SSSR count). The number of ether oxygens (including phenoxy) is 1. The van der Waals surface area contributed by atoms with Crippen LogP contribution in [0.4, 0.5) is 5.69 Å². The second-order valence-corrected chi connectivity index (χ2v) is 6.59. The van der Waals surface area contributed by atoms with Gasteiger partial charge in [0.1, 0.15) is 0 Å². The molecule has 0 spiro atoms. The van der Waals surface area contributed by atoms with E-state index in [0.29, 0.717) is 11.5 Å². The lowest BCUT2D eigenvalue weighted by Crippen LogP contribution is -2.35. The Kier molecular flexibility index (Phi) is 9.05. The summed E-state index contributed by atoms with van der Waals surface area (Å²) in [4.78, 5) is 33.6. The number of carbonyl (C=O) groups is 2. The Hall–Kier alpha value is -2.70. The minimum absolute atomic E-state index is 0.0281. The third-order valence-corrected chi connectivity index (χ3v) is 3.66. The zero-order valence-electron chi connectivity index (χ0n) is 15.4. The van der Waals surface area contributed by atoms with Crippen LogP contribution in [0.3, 0.4) is 0 Å². The van der Waals surface area contributed by atoms with Crippen LogP contribution in [0.15, 0.2) is 30.3 Å². The molecule has 0 bridgehead atoms. The molecule has 0 saturated carbocycles. The molecule has 7 nitrogen and oxygen atoms in total. The Balaban J connectivity index is 2.36. The van der Waals surface area contributed by atoms with Crippen molar-refractivity contribution in [3.63, 3.8) is 0 Å². The Morgan fingerprint density at radius 1 is 1.27 bits per heavy atom. The Labute approximate surface area is 153 Å². The van der Waals surface area contributed by atoms with Gasteiger partial charge in [-0.3, -0.25) is 14.9 Å². The highest BCUT2D eigenvalue weighted by Gasteiger charge is 2.10. The van der Waals surface area contributed by atoms with E-state index < -0.39 is 10.9 Å². The first-order chi connectivity index (χ1) is 12.3. The van der Waals surface area contributed by atoms with E-state index in [4.69, 9.17) is 4.74 Å². The number of esters is 1. The van der Waals surface area contributed by atoms with E-state index in [1.807, 2.05) is 6.92 Å². The molecule has 0 aromatic heterocycles. The number of hydrogen-bond acceptors (Lipinski definition) is 5. The zero-order valence-corrected chi connectivity index (χ0v) is 15.4. The molecule has 1 N–H and O–H groups in total. The molecule has 142 valence electrons. The fraction of sp³-hybridized carbons (Fsp3) is 0.474. The summed E-state index contributed by atoms with van der Waals surface area (Å²) < 4.78 is 4.88. The number of nitrogens with one attached hydrogen (secondary N) is 1. The Morgan fingerprint density at radius 3 is 2.65 bits per heavy atom. The first-order valence-corrected chi connectivity index (χ1v) is 8.66. The van der Waals surface area contributed by atoms with Gasteiger partial charge in [-0.1, -0.05) is 38.8 Å². The molecular formula is C19H26N2O5. The first kappa shape index (κ1) is 21.3. The number of benzene rings is 1. The quantitative estimate of drug-likeness (QED) is 0.297. The van der Waals surface area contributed by atoms with Crippen molar-refractivity contribution in [3.8, 4) is 0 Å². The summed E-state index contributed by atoms with van der Waals surface area (Å²) in [6, 6.07) is 5.89. The van der Waals surface area contributed by atoms with Gasteiger partial charge in [0.15, 0.2) is 6.61 Å². The van der Waals surface area contributed by atoms with Gasteiger partial charge in [0.05, 0.1) is 4.92 Å². The fourth-order valence-electron chi connectivity index (χ4n) is 2.31. The van der Waals surface area contributed by atoms with Crippen molar-refractivity contribution in [1.82, 2.24) is 5.32 Å². The van der Waals surface area contributed by atoms with Gasteiger partial charge in [-0.05, 0) is 30.9 Å². The van der Waals surface area contributed by atoms with Gasteiger partial charge in [0, 0.05) is 24.3 Å². The third kappa shape index (κ3) is 8.96. The maximum atomic E-state index is 11.8. The predicted molar refractivity (Wildman–Crippen MR) is 99.4 cm³/mol. The zero-order chi connectivity index (χ0) is 19.5. The van der Waals surface area contributed by atoms with Crippen LogP contribution in [0.5, 0.6) is 0 Å². The molecule has 1 atom stereocenters. The van der Waals surface area contributed by atoms with Crippen LogP contribution in [0.2, 0.25) is 0 Å². The lowest BCUT2D eigenvalue weighted by atomic mass is 10.0. The molecule has 0 saturated heterocycles. The molecule has 1 amide bonds. The summed E-state index contributed by atoms with van der Waals surface area (Å²) in [5.74, 6) is -0.394. The fourth-order valence-corrected chi connectivity index (χ4v) is 2.31. The van der Waals surface area contributed by atoms with E-state index >= 15 is 0 Å². The van der Waals surface area contributed by atoms with Crippen molar-refractivity contribution < 1.29 is 19.2 Å². The number of rotatable bonds is 10. The molecule has 0 heterocycles. The van der Waals surface area contributed by atoms with Crippen LogP contribution in [0, 0.1) is 16.0 Å². The second-order valence-electron chi connectivity index (χ2n) is 6.59. The summed E-state index contributed by atoms with van der Waals surface area (Å²) >= 11 is 0. The van der Waals surface area contributed by atoms with Crippen LogP contribution in [-0.2, 0) is 14.3 Å². The topological polar surface area (TPSA) is 98.5 Å². The van der Waals surface area contributed by atoms with E-state index in [2.05, 4.69) is 19.2 Å². The highest BCUT2D eigenvalue weighted by atomic mass is 16.6. The molecule has 1 aromatic carbocycles. The minimum Gasteiger partial charge on any atom is -0.452 e. The van der Waals surface area contributed by atoms with Crippen LogP contribution in [0.1, 0.15) is 45.6 Å². The number of nitro benzene ring substituents is 1. The van der Waals surface area contributed by atoms with E-state index in [0.717, 1.165) is 25.3 Å². The highest BCUT2D eigenvalue weighted by Crippen LogP contribution is 2.14. The number of nitrogens with zero attached hydrogens (tertiary/aromatic N) is 1. The van der Waals surface area contributed by atoms with Crippen molar-refractivity contribution in [2.45, 2.75) is 46.1 Å². The lowest BCUT2D eigenvalue weighted by Gasteiger charge is -2.14. The number of amides is 1. The SMILES string of the molecule is CC(C)CCCC(C)NC(=O)COC(=O)/C=C/c1cccc([N+](=O)[O-])c1. The molecule has 1 aromatic rings. The molecule has 26 heavy (non-hydrogen) atoms. The summed E-state index contributed by atoms with van der Waals surface area (Å²) in [7, 11) is 0. The Bertz CT molecular complexity index is 655. The van der Waals surface area contributed by atoms with Gasteiger partial charge in [0.2, 0.25) is 0 Å². The standard InChI is InChI=1S/C19H26N2O5/c1-14(2)6-4-7-15(3)20-18(22)13-26-19(23)11-10-16-8-5-9-17(12-16)21(24)25/h5,8-12,14-15H,4,6-7,13H2,1-3H3,(H,20,22)/b11-10+. The second kappa shape index (κ2) is 11.0. The molecule has 0 radical (unpaired) electrons. The van der Waals surface area contributed by atoms with E-state index in [9.17, 15) is 19.7 Å². The largest absolute Gasteiger partial charge is 0.452 e. The maximum absolute atomic E-state index is 11.8. The van der Waals surface area contributed by atoms with Crippen LogP contribution < -0.4 is 5.32 Å². The number of nitro groups is 1. The van der Waals surface area contributed by atoms with Gasteiger partial charge >= 0.3 is 5.97 Å². The molecule has 7 heteroatoms. The molecule has 1 unspecified atom stereocenters. The summed E-state index contributed by atoms with van der Waals surface area (Å²) in [6.45, 7) is 5.88. The molecule has 0 fully saturated rings. The number of non-ortho nitro benzene ring substituents is 1. The average molecular weight is 362 g/mol. The molecule has 0 aliphatic heterocycles. The highest BCUT2D eigenvalue weighted by molar-refractivity contribution is 5.89. The van der Waals surface area contributed by atoms with Gasteiger partial charge < -0.3 is 10.1 Å². The summed E-state index contributed by atoms with van der Waals surface area (Å²) in [5.41, 5.74) is 0.436. The first-order valence-electron chi connectivity index (χ1n) is 8.66. The molecule has 0 aliphatic rings. The average Bonchev–Trinajstić information content (AvgIpc) is 2.58. The Morgan fingerprint density at radius 2 is 2.00 bits per heavy atom. The van der Waals surface area contributed by atoms with Crippen molar-refractivity contribution >= 4 is 23.6 Å². The summed E-state index contributed by atoms with van der Waals surface area (Å²) in [5, 5.41) is 13.5.